The van der Waals surface area contributed by atoms with Gasteiger partial charge in [0.15, 0.2) is 0 Å². The SMILES string of the molecule is CN(C(=O)CC1(N)CCC1)c1ccccc1C#N. The van der Waals surface area contributed by atoms with E-state index in [2.05, 4.69) is 6.07 Å². The lowest BCUT2D eigenvalue weighted by Gasteiger charge is -2.38. The molecule has 1 aromatic rings. The van der Waals surface area contributed by atoms with E-state index in [1.165, 1.54) is 4.90 Å². The molecule has 94 valence electrons. The maximum Gasteiger partial charge on any atom is 0.228 e. The van der Waals surface area contributed by atoms with E-state index in [0.29, 0.717) is 17.7 Å². The quantitative estimate of drug-likeness (QED) is 0.879. The summed E-state index contributed by atoms with van der Waals surface area (Å²) in [5, 5.41) is 9.03. The lowest BCUT2D eigenvalue weighted by molar-refractivity contribution is -0.120. The molecule has 1 aromatic carbocycles. The number of nitriles is 1. The van der Waals surface area contributed by atoms with Crippen LogP contribution in [0.4, 0.5) is 5.69 Å². The van der Waals surface area contributed by atoms with Crippen LogP contribution in [0.3, 0.4) is 0 Å². The molecule has 0 spiro atoms. The van der Waals surface area contributed by atoms with Gasteiger partial charge in [-0.25, -0.2) is 0 Å². The highest BCUT2D eigenvalue weighted by molar-refractivity contribution is 5.94. The van der Waals surface area contributed by atoms with Gasteiger partial charge in [0.05, 0.1) is 11.3 Å². The van der Waals surface area contributed by atoms with E-state index >= 15 is 0 Å². The number of hydrogen-bond acceptors (Lipinski definition) is 3. The van der Waals surface area contributed by atoms with E-state index in [1.807, 2.05) is 6.07 Å². The molecule has 0 aromatic heterocycles. The maximum absolute atomic E-state index is 12.2. The van der Waals surface area contributed by atoms with Gasteiger partial charge in [0.1, 0.15) is 6.07 Å². The first-order valence-corrected chi connectivity index (χ1v) is 6.10. The first kappa shape index (κ1) is 12.6. The number of anilines is 1. The van der Waals surface area contributed by atoms with Gasteiger partial charge in [-0.1, -0.05) is 12.1 Å². The normalized spacial score (nSPS) is 16.5. The van der Waals surface area contributed by atoms with Crippen LogP contribution in [-0.2, 0) is 4.79 Å². The molecule has 18 heavy (non-hydrogen) atoms. The number of benzene rings is 1. The van der Waals surface area contributed by atoms with E-state index in [1.54, 1.807) is 25.2 Å². The standard InChI is InChI=1S/C14H17N3O/c1-17(12-6-3-2-5-11(12)10-15)13(18)9-14(16)7-4-8-14/h2-3,5-6H,4,7-9,16H2,1H3. The third-order valence-electron chi connectivity index (χ3n) is 3.61. The van der Waals surface area contributed by atoms with E-state index in [-0.39, 0.29) is 11.4 Å². The largest absolute Gasteiger partial charge is 0.325 e. The Kier molecular flexibility index (Phi) is 3.35. The summed E-state index contributed by atoms with van der Waals surface area (Å²) in [5.41, 5.74) is 6.90. The van der Waals surface area contributed by atoms with Crippen molar-refractivity contribution in [3.05, 3.63) is 29.8 Å². The highest BCUT2D eigenvalue weighted by Crippen LogP contribution is 2.33. The average Bonchev–Trinajstić information content (AvgIpc) is 2.35. The van der Waals surface area contributed by atoms with E-state index in [9.17, 15) is 4.79 Å². The number of amides is 1. The van der Waals surface area contributed by atoms with Gasteiger partial charge in [0.25, 0.3) is 0 Å². The molecule has 0 radical (unpaired) electrons. The average molecular weight is 243 g/mol. The van der Waals surface area contributed by atoms with Crippen LogP contribution in [0, 0.1) is 11.3 Å². The smallest absolute Gasteiger partial charge is 0.228 e. The molecule has 0 bridgehead atoms. The van der Waals surface area contributed by atoms with Crippen molar-refractivity contribution in [3.8, 4) is 6.07 Å². The van der Waals surface area contributed by atoms with Crippen molar-refractivity contribution in [3.63, 3.8) is 0 Å². The fourth-order valence-corrected chi connectivity index (χ4v) is 2.22. The molecule has 0 heterocycles. The zero-order chi connectivity index (χ0) is 13.2. The minimum absolute atomic E-state index is 0.0279. The fraction of sp³-hybridized carbons (Fsp3) is 0.429. The van der Waals surface area contributed by atoms with E-state index in [4.69, 9.17) is 11.0 Å². The van der Waals surface area contributed by atoms with Crippen molar-refractivity contribution in [1.82, 2.24) is 0 Å². The maximum atomic E-state index is 12.2. The summed E-state index contributed by atoms with van der Waals surface area (Å²) >= 11 is 0. The van der Waals surface area contributed by atoms with Gasteiger partial charge in [0.2, 0.25) is 5.91 Å². The highest BCUT2D eigenvalue weighted by Gasteiger charge is 2.35. The van der Waals surface area contributed by atoms with Crippen molar-refractivity contribution >= 4 is 11.6 Å². The first-order valence-electron chi connectivity index (χ1n) is 6.10. The molecule has 0 saturated heterocycles. The number of carbonyl (C=O) groups excluding carboxylic acids is 1. The number of nitrogens with two attached hydrogens (primary N) is 1. The van der Waals surface area contributed by atoms with E-state index < -0.39 is 0 Å². The van der Waals surface area contributed by atoms with Crippen molar-refractivity contribution in [1.29, 1.82) is 5.26 Å². The molecular formula is C14H17N3O. The molecule has 1 aliphatic rings. The van der Waals surface area contributed by atoms with Crippen molar-refractivity contribution in [2.24, 2.45) is 5.73 Å². The number of para-hydroxylation sites is 1. The molecule has 1 saturated carbocycles. The van der Waals surface area contributed by atoms with Gasteiger partial charge in [-0.2, -0.15) is 5.26 Å². The van der Waals surface area contributed by atoms with Gasteiger partial charge >= 0.3 is 0 Å². The van der Waals surface area contributed by atoms with Crippen LogP contribution in [0.5, 0.6) is 0 Å². The minimum Gasteiger partial charge on any atom is -0.325 e. The van der Waals surface area contributed by atoms with Gasteiger partial charge < -0.3 is 10.6 Å². The molecule has 1 amide bonds. The monoisotopic (exact) mass is 243 g/mol. The number of hydrogen-bond donors (Lipinski definition) is 1. The van der Waals surface area contributed by atoms with Gasteiger partial charge in [-0.3, -0.25) is 4.79 Å². The zero-order valence-corrected chi connectivity index (χ0v) is 10.5. The number of nitrogens with zero attached hydrogens (tertiary/aromatic N) is 2. The van der Waals surface area contributed by atoms with Crippen molar-refractivity contribution in [2.45, 2.75) is 31.2 Å². The molecule has 0 atom stereocenters. The van der Waals surface area contributed by atoms with Crippen molar-refractivity contribution in [2.75, 3.05) is 11.9 Å². The molecule has 2 rings (SSSR count). The molecule has 1 fully saturated rings. The molecule has 2 N–H and O–H groups in total. The highest BCUT2D eigenvalue weighted by atomic mass is 16.2. The molecule has 0 unspecified atom stereocenters. The van der Waals surface area contributed by atoms with Crippen molar-refractivity contribution < 1.29 is 4.79 Å². The Labute approximate surface area is 107 Å². The third-order valence-corrected chi connectivity index (χ3v) is 3.61. The van der Waals surface area contributed by atoms with E-state index in [0.717, 1.165) is 19.3 Å². The summed E-state index contributed by atoms with van der Waals surface area (Å²) in [6.45, 7) is 0. The topological polar surface area (TPSA) is 70.1 Å². The zero-order valence-electron chi connectivity index (χ0n) is 10.5. The number of rotatable bonds is 3. The molecule has 1 aliphatic carbocycles. The Bertz CT molecular complexity index is 500. The minimum atomic E-state index is -0.326. The van der Waals surface area contributed by atoms with Crippen LogP contribution in [0.1, 0.15) is 31.2 Å². The Balaban J connectivity index is 2.13. The van der Waals surface area contributed by atoms with Gasteiger partial charge in [0, 0.05) is 19.0 Å². The molecular weight excluding hydrogens is 226 g/mol. The summed E-state index contributed by atoms with van der Waals surface area (Å²) < 4.78 is 0. The van der Waals surface area contributed by atoms with Gasteiger partial charge in [-0.05, 0) is 31.4 Å². The summed E-state index contributed by atoms with van der Waals surface area (Å²) in [7, 11) is 1.69. The predicted molar refractivity (Wildman–Crippen MR) is 70.0 cm³/mol. The summed E-state index contributed by atoms with van der Waals surface area (Å²) in [4.78, 5) is 13.7. The Morgan fingerprint density at radius 3 is 2.72 bits per heavy atom. The van der Waals surface area contributed by atoms with Crippen LogP contribution >= 0.6 is 0 Å². The van der Waals surface area contributed by atoms with Crippen LogP contribution in [0.2, 0.25) is 0 Å². The van der Waals surface area contributed by atoms with Crippen LogP contribution < -0.4 is 10.6 Å². The third kappa shape index (κ3) is 2.36. The molecule has 4 nitrogen and oxygen atoms in total. The Hall–Kier alpha value is -1.86. The van der Waals surface area contributed by atoms with Crippen LogP contribution in [0.25, 0.3) is 0 Å². The summed E-state index contributed by atoms with van der Waals surface area (Å²) in [6.07, 6.45) is 3.27. The Morgan fingerprint density at radius 2 is 2.17 bits per heavy atom. The fourth-order valence-electron chi connectivity index (χ4n) is 2.22. The van der Waals surface area contributed by atoms with Crippen LogP contribution in [-0.4, -0.2) is 18.5 Å². The van der Waals surface area contributed by atoms with Crippen LogP contribution in [0.15, 0.2) is 24.3 Å². The van der Waals surface area contributed by atoms with Gasteiger partial charge in [-0.15, -0.1) is 0 Å². The lowest BCUT2D eigenvalue weighted by Crippen LogP contribution is -2.50. The Morgan fingerprint density at radius 1 is 1.50 bits per heavy atom. The predicted octanol–water partition coefficient (Wildman–Crippen LogP) is 1.79. The molecule has 4 heteroatoms. The number of carbonyl (C=O) groups is 1. The second-order valence-corrected chi connectivity index (χ2v) is 4.97. The second kappa shape index (κ2) is 4.79. The molecule has 0 aliphatic heterocycles. The lowest BCUT2D eigenvalue weighted by atomic mass is 9.75. The first-order chi connectivity index (χ1) is 8.56. The summed E-state index contributed by atoms with van der Waals surface area (Å²) in [6, 6.07) is 9.19. The summed E-state index contributed by atoms with van der Waals surface area (Å²) in [5.74, 6) is -0.0279. The second-order valence-electron chi connectivity index (χ2n) is 4.97.